The Labute approximate surface area is 97.1 Å². The van der Waals surface area contributed by atoms with Crippen LogP contribution in [0.5, 0.6) is 0 Å². The normalized spacial score (nSPS) is 14.0. The van der Waals surface area contributed by atoms with Gasteiger partial charge in [0.25, 0.3) is 0 Å². The maximum atomic E-state index is 11.5. The van der Waals surface area contributed by atoms with E-state index in [0.29, 0.717) is 13.0 Å². The molecule has 0 saturated carbocycles. The summed E-state index contributed by atoms with van der Waals surface area (Å²) in [5.74, 6) is 0. The number of rotatable bonds is 5. The van der Waals surface area contributed by atoms with Gasteiger partial charge in [0, 0.05) is 7.05 Å². The van der Waals surface area contributed by atoms with Crippen LogP contribution in [-0.4, -0.2) is 32.6 Å². The number of hydrogen-bond donors (Lipinski definition) is 1. The van der Waals surface area contributed by atoms with Crippen molar-refractivity contribution in [1.82, 2.24) is 4.31 Å². The number of sulfonamides is 1. The van der Waals surface area contributed by atoms with Gasteiger partial charge >= 0.3 is 0 Å². The smallest absolute Gasteiger partial charge is 0.211 e. The Kier molecular flexibility index (Phi) is 4.46. The molecule has 0 fully saturated rings. The fourth-order valence-corrected chi connectivity index (χ4v) is 2.31. The van der Waals surface area contributed by atoms with Gasteiger partial charge in [-0.1, -0.05) is 30.3 Å². The first-order chi connectivity index (χ1) is 7.46. The van der Waals surface area contributed by atoms with E-state index in [9.17, 15) is 8.42 Å². The van der Waals surface area contributed by atoms with Gasteiger partial charge in [-0.05, 0) is 18.5 Å². The molecule has 1 unspecified atom stereocenters. The predicted octanol–water partition coefficient (Wildman–Crippen LogP) is 0.968. The highest BCUT2D eigenvalue weighted by atomic mass is 32.2. The Bertz CT molecular complexity index is 417. The van der Waals surface area contributed by atoms with E-state index in [4.69, 9.17) is 5.73 Å². The Balaban J connectivity index is 3.01. The molecular formula is C11H18N2O2S. The van der Waals surface area contributed by atoms with Gasteiger partial charge in [0.15, 0.2) is 0 Å². The third-order valence-corrected chi connectivity index (χ3v) is 3.89. The highest BCUT2D eigenvalue weighted by Crippen LogP contribution is 2.24. The van der Waals surface area contributed by atoms with Crippen LogP contribution in [0, 0.1) is 0 Å². The fraction of sp³-hybridized carbons (Fsp3) is 0.455. The van der Waals surface area contributed by atoms with Crippen molar-refractivity contribution in [3.05, 3.63) is 35.9 Å². The zero-order valence-electron chi connectivity index (χ0n) is 9.63. The lowest BCUT2D eigenvalue weighted by molar-refractivity contribution is 0.363. The van der Waals surface area contributed by atoms with Crippen LogP contribution in [0.3, 0.4) is 0 Å². The van der Waals surface area contributed by atoms with Crippen molar-refractivity contribution >= 4 is 10.0 Å². The molecule has 0 heterocycles. The Hall–Kier alpha value is -0.910. The molecule has 1 aromatic carbocycles. The van der Waals surface area contributed by atoms with Crippen LogP contribution in [0.15, 0.2) is 30.3 Å². The molecular weight excluding hydrogens is 224 g/mol. The molecule has 0 amide bonds. The molecule has 2 N–H and O–H groups in total. The van der Waals surface area contributed by atoms with Crippen molar-refractivity contribution in [2.75, 3.05) is 19.8 Å². The van der Waals surface area contributed by atoms with Gasteiger partial charge in [-0.25, -0.2) is 8.42 Å². The molecule has 0 aliphatic rings. The SMILES string of the molecule is CN(C(CCN)c1ccccc1)S(C)(=O)=O. The van der Waals surface area contributed by atoms with Crippen molar-refractivity contribution < 1.29 is 8.42 Å². The van der Waals surface area contributed by atoms with Crippen molar-refractivity contribution in [1.29, 1.82) is 0 Å². The lowest BCUT2D eigenvalue weighted by Crippen LogP contribution is -2.31. The van der Waals surface area contributed by atoms with Gasteiger partial charge < -0.3 is 5.73 Å². The van der Waals surface area contributed by atoms with E-state index >= 15 is 0 Å². The largest absolute Gasteiger partial charge is 0.330 e. The number of nitrogens with zero attached hydrogens (tertiary/aromatic N) is 1. The number of hydrogen-bond acceptors (Lipinski definition) is 3. The van der Waals surface area contributed by atoms with E-state index in [1.54, 1.807) is 7.05 Å². The molecule has 1 rings (SSSR count). The van der Waals surface area contributed by atoms with Gasteiger partial charge in [0.05, 0.1) is 12.3 Å². The van der Waals surface area contributed by atoms with Crippen molar-refractivity contribution in [3.63, 3.8) is 0 Å². The molecule has 0 spiro atoms. The third kappa shape index (κ3) is 3.30. The van der Waals surface area contributed by atoms with E-state index < -0.39 is 10.0 Å². The topological polar surface area (TPSA) is 63.4 Å². The Morgan fingerprint density at radius 1 is 1.31 bits per heavy atom. The molecule has 90 valence electrons. The van der Waals surface area contributed by atoms with Crippen LogP contribution >= 0.6 is 0 Å². The summed E-state index contributed by atoms with van der Waals surface area (Å²) >= 11 is 0. The van der Waals surface area contributed by atoms with E-state index in [2.05, 4.69) is 0 Å². The minimum absolute atomic E-state index is 0.179. The first kappa shape index (κ1) is 13.2. The molecule has 0 aliphatic carbocycles. The summed E-state index contributed by atoms with van der Waals surface area (Å²) in [6.45, 7) is 0.458. The van der Waals surface area contributed by atoms with Gasteiger partial charge in [-0.15, -0.1) is 0 Å². The third-order valence-electron chi connectivity index (χ3n) is 2.59. The van der Waals surface area contributed by atoms with Crippen LogP contribution in [0.25, 0.3) is 0 Å². The molecule has 5 heteroatoms. The molecule has 16 heavy (non-hydrogen) atoms. The zero-order valence-corrected chi connectivity index (χ0v) is 10.4. The fourth-order valence-electron chi connectivity index (χ4n) is 1.62. The van der Waals surface area contributed by atoms with Crippen LogP contribution in [0.2, 0.25) is 0 Å². The van der Waals surface area contributed by atoms with Crippen molar-refractivity contribution in [2.45, 2.75) is 12.5 Å². The molecule has 0 aromatic heterocycles. The lowest BCUT2D eigenvalue weighted by Gasteiger charge is -2.26. The maximum Gasteiger partial charge on any atom is 0.211 e. The second-order valence-corrected chi connectivity index (χ2v) is 5.83. The monoisotopic (exact) mass is 242 g/mol. The summed E-state index contributed by atoms with van der Waals surface area (Å²) < 4.78 is 24.4. The summed E-state index contributed by atoms with van der Waals surface area (Å²) in [7, 11) is -1.61. The average molecular weight is 242 g/mol. The molecule has 4 nitrogen and oxygen atoms in total. The standard InChI is InChI=1S/C11H18N2O2S/c1-13(16(2,14)15)11(8-9-12)10-6-4-3-5-7-10/h3-7,11H,8-9,12H2,1-2H3. The highest BCUT2D eigenvalue weighted by Gasteiger charge is 2.22. The van der Waals surface area contributed by atoms with Crippen LogP contribution in [-0.2, 0) is 10.0 Å². The number of nitrogens with two attached hydrogens (primary N) is 1. The molecule has 0 radical (unpaired) electrons. The van der Waals surface area contributed by atoms with Crippen LogP contribution in [0.4, 0.5) is 0 Å². The first-order valence-corrected chi connectivity index (χ1v) is 6.99. The molecule has 0 saturated heterocycles. The summed E-state index contributed by atoms with van der Waals surface area (Å²) in [5.41, 5.74) is 6.50. The lowest BCUT2D eigenvalue weighted by atomic mass is 10.0. The summed E-state index contributed by atoms with van der Waals surface area (Å²) in [4.78, 5) is 0. The van der Waals surface area contributed by atoms with Crippen molar-refractivity contribution in [3.8, 4) is 0 Å². The predicted molar refractivity (Wildman–Crippen MR) is 65.5 cm³/mol. The average Bonchev–Trinajstić information content (AvgIpc) is 2.25. The summed E-state index contributed by atoms with van der Waals surface area (Å²) in [6, 6.07) is 9.36. The van der Waals surface area contributed by atoms with Crippen molar-refractivity contribution in [2.24, 2.45) is 5.73 Å². The van der Waals surface area contributed by atoms with E-state index in [-0.39, 0.29) is 6.04 Å². The minimum Gasteiger partial charge on any atom is -0.330 e. The maximum absolute atomic E-state index is 11.5. The summed E-state index contributed by atoms with van der Waals surface area (Å²) in [5, 5.41) is 0. The van der Waals surface area contributed by atoms with E-state index in [0.717, 1.165) is 5.56 Å². The molecule has 0 bridgehead atoms. The second kappa shape index (κ2) is 5.43. The van der Waals surface area contributed by atoms with Crippen LogP contribution in [0.1, 0.15) is 18.0 Å². The first-order valence-electron chi connectivity index (χ1n) is 5.15. The highest BCUT2D eigenvalue weighted by molar-refractivity contribution is 7.88. The quantitative estimate of drug-likeness (QED) is 0.836. The van der Waals surface area contributed by atoms with Crippen LogP contribution < -0.4 is 5.73 Å². The minimum atomic E-state index is -3.19. The van der Waals surface area contributed by atoms with E-state index in [1.165, 1.54) is 10.6 Å². The zero-order chi connectivity index (χ0) is 12.2. The Morgan fingerprint density at radius 2 is 1.88 bits per heavy atom. The summed E-state index contributed by atoms with van der Waals surface area (Å²) in [6.07, 6.45) is 1.83. The van der Waals surface area contributed by atoms with Gasteiger partial charge in [0.1, 0.15) is 0 Å². The van der Waals surface area contributed by atoms with Gasteiger partial charge in [-0.3, -0.25) is 0 Å². The molecule has 0 aliphatic heterocycles. The second-order valence-electron chi connectivity index (χ2n) is 3.78. The van der Waals surface area contributed by atoms with E-state index in [1.807, 2.05) is 30.3 Å². The molecule has 1 atom stereocenters. The van der Waals surface area contributed by atoms with Gasteiger partial charge in [0.2, 0.25) is 10.0 Å². The van der Waals surface area contributed by atoms with Gasteiger partial charge in [-0.2, -0.15) is 4.31 Å². The Morgan fingerprint density at radius 3 is 2.31 bits per heavy atom. The molecule has 1 aromatic rings. The number of benzene rings is 1.